The molecule has 3 heterocycles. The highest BCUT2D eigenvalue weighted by Gasteiger charge is 2.68. The van der Waals surface area contributed by atoms with E-state index >= 15 is 0 Å². The van der Waals surface area contributed by atoms with Gasteiger partial charge in [0.05, 0.1) is 17.5 Å². The second-order valence-corrected chi connectivity index (χ2v) is 11.0. The summed E-state index contributed by atoms with van der Waals surface area (Å²) in [6.45, 7) is 6.84. The van der Waals surface area contributed by atoms with Gasteiger partial charge in [-0.05, 0) is 13.8 Å². The zero-order valence-corrected chi connectivity index (χ0v) is 18.6. The van der Waals surface area contributed by atoms with Gasteiger partial charge in [-0.3, -0.25) is 19.3 Å². The first-order valence-corrected chi connectivity index (χ1v) is 10.7. The molecule has 0 saturated carbocycles. The van der Waals surface area contributed by atoms with E-state index in [4.69, 9.17) is 0 Å². The monoisotopic (exact) mass is 433 g/mol. The molecule has 0 N–H and O–H groups in total. The predicted octanol–water partition coefficient (Wildman–Crippen LogP) is 2.20. The number of nitrogens with zero attached hydrogens (tertiary/aromatic N) is 5. The number of nitriles is 1. The number of carbonyl (C=O) groups excluding carboxylic acids is 3. The van der Waals surface area contributed by atoms with Crippen LogP contribution in [0.4, 0.5) is 0 Å². The van der Waals surface area contributed by atoms with Gasteiger partial charge in [-0.2, -0.15) is 5.26 Å². The average molecular weight is 434 g/mol. The zero-order chi connectivity index (χ0) is 21.6. The molecule has 0 bridgehead atoms. The van der Waals surface area contributed by atoms with Gasteiger partial charge in [0.2, 0.25) is 0 Å². The summed E-state index contributed by atoms with van der Waals surface area (Å²) in [4.78, 5) is 47.4. The zero-order valence-electron chi connectivity index (χ0n) is 17.0. The van der Waals surface area contributed by atoms with Gasteiger partial charge in [0, 0.05) is 51.8 Å². The molecular formula is C19H23N5O3S2. The van der Waals surface area contributed by atoms with Gasteiger partial charge in [0.1, 0.15) is 11.2 Å². The maximum Gasteiger partial charge on any atom is 0.254 e. The first-order chi connectivity index (χ1) is 13.5. The third-order valence-electron chi connectivity index (χ3n) is 5.63. The molecule has 2 aliphatic heterocycles. The lowest BCUT2D eigenvalue weighted by atomic mass is 9.80. The van der Waals surface area contributed by atoms with Crippen molar-refractivity contribution in [1.29, 1.82) is 5.26 Å². The summed E-state index contributed by atoms with van der Waals surface area (Å²) in [6.07, 6.45) is 4.87. The van der Waals surface area contributed by atoms with Crippen LogP contribution in [0.15, 0.2) is 18.7 Å². The van der Waals surface area contributed by atoms with E-state index in [1.54, 1.807) is 31.3 Å². The SMILES string of the molecule is CC(=O)S[C@]12C[C@](C)(C#N)C(c3cncnc3)N1C[C@](C)(SC(C)=O)N(C)C2=O. The molecule has 1 aromatic rings. The summed E-state index contributed by atoms with van der Waals surface area (Å²) in [6, 6.07) is 1.89. The maximum atomic E-state index is 13.7. The molecule has 1 amide bonds. The lowest BCUT2D eigenvalue weighted by Crippen LogP contribution is -2.68. The van der Waals surface area contributed by atoms with Crippen molar-refractivity contribution >= 4 is 39.7 Å². The van der Waals surface area contributed by atoms with Crippen LogP contribution < -0.4 is 0 Å². The highest BCUT2D eigenvalue weighted by Crippen LogP contribution is 2.61. The van der Waals surface area contributed by atoms with Crippen LogP contribution >= 0.6 is 23.5 Å². The third kappa shape index (κ3) is 3.45. The second kappa shape index (κ2) is 7.38. The maximum absolute atomic E-state index is 13.7. The van der Waals surface area contributed by atoms with Gasteiger partial charge in [-0.15, -0.1) is 0 Å². The molecule has 1 unspecified atom stereocenters. The van der Waals surface area contributed by atoms with E-state index in [2.05, 4.69) is 16.0 Å². The minimum Gasteiger partial charge on any atom is -0.327 e. The van der Waals surface area contributed by atoms with E-state index in [0.717, 1.165) is 23.5 Å². The molecule has 3 rings (SSSR count). The molecular weight excluding hydrogens is 410 g/mol. The summed E-state index contributed by atoms with van der Waals surface area (Å²) >= 11 is 2.03. The summed E-state index contributed by atoms with van der Waals surface area (Å²) in [5, 5.41) is 9.77. The molecule has 29 heavy (non-hydrogen) atoms. The number of fused-ring (bicyclic) bond motifs is 1. The molecule has 0 radical (unpaired) electrons. The van der Waals surface area contributed by atoms with Crippen LogP contribution in [0.25, 0.3) is 0 Å². The van der Waals surface area contributed by atoms with E-state index in [9.17, 15) is 19.6 Å². The topological polar surface area (TPSA) is 107 Å². The van der Waals surface area contributed by atoms with Crippen LogP contribution in [-0.2, 0) is 14.4 Å². The fourth-order valence-electron chi connectivity index (χ4n) is 4.45. The quantitative estimate of drug-likeness (QED) is 0.709. The summed E-state index contributed by atoms with van der Waals surface area (Å²) < 4.78 is 0. The van der Waals surface area contributed by atoms with Crippen molar-refractivity contribution in [2.24, 2.45) is 5.41 Å². The number of hydrogen-bond acceptors (Lipinski definition) is 9. The van der Waals surface area contributed by atoms with Gasteiger partial charge in [-0.25, -0.2) is 9.97 Å². The summed E-state index contributed by atoms with van der Waals surface area (Å²) in [5.74, 6) is -0.277. The number of thioether (sulfide) groups is 2. The van der Waals surface area contributed by atoms with Crippen LogP contribution in [0, 0.1) is 16.7 Å². The number of aromatic nitrogens is 2. The Morgan fingerprint density at radius 2 is 1.79 bits per heavy atom. The normalized spacial score (nSPS) is 34.6. The van der Waals surface area contributed by atoms with Gasteiger partial charge in [0.15, 0.2) is 15.1 Å². The van der Waals surface area contributed by atoms with Crippen LogP contribution in [0.2, 0.25) is 0 Å². The number of likely N-dealkylation sites (N-methyl/N-ethyl adjacent to an activating group) is 1. The Labute approximate surface area is 178 Å². The van der Waals surface area contributed by atoms with Crippen LogP contribution in [-0.4, -0.2) is 59.2 Å². The van der Waals surface area contributed by atoms with Crippen LogP contribution in [0.1, 0.15) is 45.7 Å². The van der Waals surface area contributed by atoms with Crippen molar-refractivity contribution in [2.75, 3.05) is 13.6 Å². The molecule has 2 aliphatic rings. The Bertz CT molecular complexity index is 907. The van der Waals surface area contributed by atoms with Crippen molar-refractivity contribution in [3.8, 4) is 6.07 Å². The molecule has 0 aromatic carbocycles. The van der Waals surface area contributed by atoms with Crippen molar-refractivity contribution < 1.29 is 14.4 Å². The smallest absolute Gasteiger partial charge is 0.254 e. The Kier molecular flexibility index (Phi) is 5.53. The number of carbonyl (C=O) groups is 3. The van der Waals surface area contributed by atoms with Gasteiger partial charge >= 0.3 is 0 Å². The minimum absolute atomic E-state index is 0.110. The van der Waals surface area contributed by atoms with Gasteiger partial charge < -0.3 is 4.90 Å². The van der Waals surface area contributed by atoms with Crippen LogP contribution in [0.5, 0.6) is 0 Å². The van der Waals surface area contributed by atoms with E-state index in [0.29, 0.717) is 12.1 Å². The van der Waals surface area contributed by atoms with E-state index < -0.39 is 21.2 Å². The second-order valence-electron chi connectivity index (χ2n) is 7.92. The number of amides is 1. The van der Waals surface area contributed by atoms with E-state index in [1.807, 2.05) is 11.8 Å². The molecule has 1 aromatic heterocycles. The Balaban J connectivity index is 2.22. The summed E-state index contributed by atoms with van der Waals surface area (Å²) in [5.41, 5.74) is -0.245. The predicted molar refractivity (Wildman–Crippen MR) is 110 cm³/mol. The van der Waals surface area contributed by atoms with Crippen molar-refractivity contribution in [3.05, 3.63) is 24.3 Å². The highest BCUT2D eigenvalue weighted by atomic mass is 32.2. The van der Waals surface area contributed by atoms with Gasteiger partial charge in [-0.1, -0.05) is 23.5 Å². The molecule has 2 fully saturated rings. The Morgan fingerprint density at radius 1 is 1.21 bits per heavy atom. The van der Waals surface area contributed by atoms with E-state index in [1.165, 1.54) is 20.2 Å². The minimum atomic E-state index is -1.22. The Morgan fingerprint density at radius 3 is 2.31 bits per heavy atom. The largest absolute Gasteiger partial charge is 0.327 e. The fourth-order valence-corrected chi connectivity index (χ4v) is 6.85. The molecule has 2 saturated heterocycles. The number of rotatable bonds is 3. The van der Waals surface area contributed by atoms with Crippen molar-refractivity contribution in [3.63, 3.8) is 0 Å². The number of piperazine rings is 1. The highest BCUT2D eigenvalue weighted by molar-refractivity contribution is 8.15. The van der Waals surface area contributed by atoms with Crippen molar-refractivity contribution in [2.45, 2.75) is 49.9 Å². The molecule has 0 spiro atoms. The van der Waals surface area contributed by atoms with Gasteiger partial charge in [0.25, 0.3) is 5.91 Å². The fraction of sp³-hybridized carbons (Fsp3) is 0.579. The van der Waals surface area contributed by atoms with Crippen molar-refractivity contribution in [1.82, 2.24) is 19.8 Å². The molecule has 10 heteroatoms. The first kappa shape index (κ1) is 21.7. The molecule has 4 atom stereocenters. The lowest BCUT2D eigenvalue weighted by Gasteiger charge is -2.53. The lowest BCUT2D eigenvalue weighted by molar-refractivity contribution is -0.147. The Hall–Kier alpha value is -1.96. The first-order valence-electron chi connectivity index (χ1n) is 9.09. The molecule has 0 aliphatic carbocycles. The van der Waals surface area contributed by atoms with E-state index in [-0.39, 0.29) is 22.6 Å². The molecule has 8 nitrogen and oxygen atoms in total. The summed E-state index contributed by atoms with van der Waals surface area (Å²) in [7, 11) is 1.65. The standard InChI is InChI=1S/C19H23N5O3S2/c1-12(25)28-18(4)10-24-15(14-6-21-11-22-7-14)17(3,9-20)8-19(24,29-13(2)26)16(27)23(18)5/h6-7,11,15H,8,10H2,1-5H3/t15?,17-,18+,19+/m1/s1. The third-order valence-corrected chi connectivity index (χ3v) is 7.93. The number of hydrogen-bond donors (Lipinski definition) is 0. The average Bonchev–Trinajstić information content (AvgIpc) is 2.88. The molecule has 154 valence electrons. The van der Waals surface area contributed by atoms with Crippen LogP contribution in [0.3, 0.4) is 0 Å².